The highest BCUT2D eigenvalue weighted by molar-refractivity contribution is 5.29. The SMILES string of the molecule is COc1ccc(C(O)C2CN(C)CCN2C)cc1. The van der Waals surface area contributed by atoms with Gasteiger partial charge in [-0.1, -0.05) is 12.1 Å². The van der Waals surface area contributed by atoms with Crippen LogP contribution >= 0.6 is 0 Å². The first-order valence-electron chi connectivity index (χ1n) is 6.32. The summed E-state index contributed by atoms with van der Waals surface area (Å²) >= 11 is 0. The van der Waals surface area contributed by atoms with Crippen LogP contribution in [0.3, 0.4) is 0 Å². The standard InChI is InChI=1S/C14H22N2O2/c1-15-8-9-16(2)13(10-15)14(17)11-4-6-12(18-3)7-5-11/h4-7,13-14,17H,8-10H2,1-3H3. The molecule has 1 N–H and O–H groups in total. The molecule has 0 radical (unpaired) electrons. The largest absolute Gasteiger partial charge is 0.497 e. The Morgan fingerprint density at radius 1 is 1.22 bits per heavy atom. The van der Waals surface area contributed by atoms with E-state index in [4.69, 9.17) is 4.74 Å². The van der Waals surface area contributed by atoms with Gasteiger partial charge in [-0.3, -0.25) is 4.90 Å². The van der Waals surface area contributed by atoms with Crippen LogP contribution in [0.4, 0.5) is 0 Å². The summed E-state index contributed by atoms with van der Waals surface area (Å²) in [7, 11) is 5.82. The van der Waals surface area contributed by atoms with Gasteiger partial charge in [-0.25, -0.2) is 0 Å². The number of nitrogens with zero attached hydrogens (tertiary/aromatic N) is 2. The number of hydrogen-bond acceptors (Lipinski definition) is 4. The van der Waals surface area contributed by atoms with E-state index >= 15 is 0 Å². The van der Waals surface area contributed by atoms with Gasteiger partial charge in [-0.2, -0.15) is 0 Å². The first kappa shape index (κ1) is 13.3. The lowest BCUT2D eigenvalue weighted by Gasteiger charge is -2.40. The summed E-state index contributed by atoms with van der Waals surface area (Å²) < 4.78 is 5.13. The minimum atomic E-state index is -0.455. The van der Waals surface area contributed by atoms with Crippen LogP contribution in [0, 0.1) is 0 Å². The van der Waals surface area contributed by atoms with Crippen molar-refractivity contribution in [2.75, 3.05) is 40.8 Å². The summed E-state index contributed by atoms with van der Waals surface area (Å²) in [5.74, 6) is 0.820. The molecule has 4 heteroatoms. The van der Waals surface area contributed by atoms with E-state index in [1.165, 1.54) is 0 Å². The lowest BCUT2D eigenvalue weighted by atomic mass is 9.99. The number of aliphatic hydroxyl groups excluding tert-OH is 1. The van der Waals surface area contributed by atoms with E-state index in [2.05, 4.69) is 23.9 Å². The second-order valence-corrected chi connectivity index (χ2v) is 5.03. The predicted molar refractivity (Wildman–Crippen MR) is 71.9 cm³/mol. The Morgan fingerprint density at radius 3 is 2.50 bits per heavy atom. The zero-order valence-electron chi connectivity index (χ0n) is 11.3. The fourth-order valence-corrected chi connectivity index (χ4v) is 2.41. The van der Waals surface area contributed by atoms with Crippen LogP contribution in [-0.4, -0.2) is 61.8 Å². The van der Waals surface area contributed by atoms with E-state index in [0.29, 0.717) is 0 Å². The molecule has 1 saturated heterocycles. The van der Waals surface area contributed by atoms with Gasteiger partial charge in [0.2, 0.25) is 0 Å². The molecule has 4 nitrogen and oxygen atoms in total. The molecule has 0 aliphatic carbocycles. The summed E-state index contributed by atoms with van der Waals surface area (Å²) in [6.07, 6.45) is -0.455. The van der Waals surface area contributed by atoms with Crippen molar-refractivity contribution in [1.29, 1.82) is 0 Å². The van der Waals surface area contributed by atoms with Crippen molar-refractivity contribution in [3.63, 3.8) is 0 Å². The summed E-state index contributed by atoms with van der Waals surface area (Å²) in [6.45, 7) is 2.94. The maximum atomic E-state index is 10.5. The lowest BCUT2D eigenvalue weighted by Crippen LogP contribution is -2.52. The van der Waals surface area contributed by atoms with E-state index in [1.54, 1.807) is 7.11 Å². The van der Waals surface area contributed by atoms with Crippen molar-refractivity contribution in [2.45, 2.75) is 12.1 Å². The molecular formula is C14H22N2O2. The molecule has 1 aliphatic heterocycles. The summed E-state index contributed by atoms with van der Waals surface area (Å²) in [5.41, 5.74) is 0.947. The van der Waals surface area contributed by atoms with Gasteiger partial charge in [-0.15, -0.1) is 0 Å². The number of piperazine rings is 1. The van der Waals surface area contributed by atoms with E-state index < -0.39 is 6.10 Å². The number of methoxy groups -OCH3 is 1. The molecule has 1 fully saturated rings. The molecule has 1 aliphatic rings. The number of likely N-dealkylation sites (N-methyl/N-ethyl adjacent to an activating group) is 2. The number of ether oxygens (including phenoxy) is 1. The predicted octanol–water partition coefficient (Wildman–Crippen LogP) is 0.974. The molecule has 2 unspecified atom stereocenters. The van der Waals surface area contributed by atoms with Crippen molar-refractivity contribution in [3.05, 3.63) is 29.8 Å². The van der Waals surface area contributed by atoms with Gasteiger partial charge in [0.25, 0.3) is 0 Å². The first-order valence-corrected chi connectivity index (χ1v) is 6.32. The number of aliphatic hydroxyl groups is 1. The zero-order valence-corrected chi connectivity index (χ0v) is 11.3. The molecule has 0 bridgehead atoms. The number of hydrogen-bond donors (Lipinski definition) is 1. The van der Waals surface area contributed by atoms with E-state index in [9.17, 15) is 5.11 Å². The lowest BCUT2D eigenvalue weighted by molar-refractivity contribution is 0.0138. The molecule has 2 atom stereocenters. The molecule has 100 valence electrons. The fourth-order valence-electron chi connectivity index (χ4n) is 2.41. The topological polar surface area (TPSA) is 35.9 Å². The molecule has 1 aromatic rings. The van der Waals surface area contributed by atoms with E-state index in [-0.39, 0.29) is 6.04 Å². The van der Waals surface area contributed by atoms with Crippen LogP contribution in [0.5, 0.6) is 5.75 Å². The molecule has 1 heterocycles. The second-order valence-electron chi connectivity index (χ2n) is 5.03. The quantitative estimate of drug-likeness (QED) is 0.867. The average Bonchev–Trinajstić information content (AvgIpc) is 2.41. The highest BCUT2D eigenvalue weighted by atomic mass is 16.5. The van der Waals surface area contributed by atoms with Gasteiger partial charge in [0.05, 0.1) is 19.3 Å². The Hall–Kier alpha value is -1.10. The van der Waals surface area contributed by atoms with Crippen molar-refractivity contribution in [3.8, 4) is 5.75 Å². The maximum Gasteiger partial charge on any atom is 0.118 e. The molecule has 18 heavy (non-hydrogen) atoms. The monoisotopic (exact) mass is 250 g/mol. The maximum absolute atomic E-state index is 10.5. The smallest absolute Gasteiger partial charge is 0.118 e. The second kappa shape index (κ2) is 5.69. The van der Waals surface area contributed by atoms with Gasteiger partial charge in [0, 0.05) is 19.6 Å². The third-order valence-electron chi connectivity index (χ3n) is 3.72. The third-order valence-corrected chi connectivity index (χ3v) is 3.72. The van der Waals surface area contributed by atoms with E-state index in [0.717, 1.165) is 30.9 Å². The van der Waals surface area contributed by atoms with Gasteiger partial charge >= 0.3 is 0 Å². The van der Waals surface area contributed by atoms with Crippen molar-refractivity contribution in [1.82, 2.24) is 9.80 Å². The van der Waals surface area contributed by atoms with Crippen LogP contribution in [0.1, 0.15) is 11.7 Å². The molecule has 0 amide bonds. The Kier molecular flexibility index (Phi) is 4.22. The summed E-state index contributed by atoms with van der Waals surface area (Å²) in [4.78, 5) is 4.49. The van der Waals surface area contributed by atoms with Gasteiger partial charge in [0.15, 0.2) is 0 Å². The molecule has 2 rings (SSSR count). The van der Waals surface area contributed by atoms with Crippen LogP contribution in [-0.2, 0) is 0 Å². The molecule has 1 aromatic carbocycles. The zero-order chi connectivity index (χ0) is 13.1. The van der Waals surface area contributed by atoms with Gasteiger partial charge in [0.1, 0.15) is 5.75 Å². The first-order chi connectivity index (χ1) is 8.61. The highest BCUT2D eigenvalue weighted by Crippen LogP contribution is 2.24. The normalized spacial score (nSPS) is 23.9. The molecule has 0 aromatic heterocycles. The molecular weight excluding hydrogens is 228 g/mol. The minimum Gasteiger partial charge on any atom is -0.497 e. The fraction of sp³-hybridized carbons (Fsp3) is 0.571. The Labute approximate surface area is 109 Å². The Bertz CT molecular complexity index is 380. The van der Waals surface area contributed by atoms with Crippen molar-refractivity contribution < 1.29 is 9.84 Å². The van der Waals surface area contributed by atoms with Crippen LogP contribution in [0.15, 0.2) is 24.3 Å². The summed E-state index contributed by atoms with van der Waals surface area (Å²) in [6, 6.07) is 7.81. The van der Waals surface area contributed by atoms with Crippen LogP contribution < -0.4 is 4.74 Å². The third kappa shape index (κ3) is 2.83. The highest BCUT2D eigenvalue weighted by Gasteiger charge is 2.29. The number of rotatable bonds is 3. The Balaban J connectivity index is 2.10. The Morgan fingerprint density at radius 2 is 1.89 bits per heavy atom. The van der Waals surface area contributed by atoms with E-state index in [1.807, 2.05) is 24.3 Å². The van der Waals surface area contributed by atoms with Crippen LogP contribution in [0.25, 0.3) is 0 Å². The molecule has 0 spiro atoms. The molecule has 0 saturated carbocycles. The minimum absolute atomic E-state index is 0.150. The van der Waals surface area contributed by atoms with Crippen molar-refractivity contribution in [2.24, 2.45) is 0 Å². The van der Waals surface area contributed by atoms with Crippen molar-refractivity contribution >= 4 is 0 Å². The average molecular weight is 250 g/mol. The van der Waals surface area contributed by atoms with Gasteiger partial charge < -0.3 is 14.7 Å². The van der Waals surface area contributed by atoms with Gasteiger partial charge in [-0.05, 0) is 31.8 Å². The summed E-state index contributed by atoms with van der Waals surface area (Å²) in [5, 5.41) is 10.5. The van der Waals surface area contributed by atoms with Crippen LogP contribution in [0.2, 0.25) is 0 Å². The number of benzene rings is 1.